The lowest BCUT2D eigenvalue weighted by Crippen LogP contribution is -2.49. The smallest absolute Gasteiger partial charge is 0.242 e. The summed E-state index contributed by atoms with van der Waals surface area (Å²) in [6, 6.07) is 7.37. The lowest BCUT2D eigenvalue weighted by molar-refractivity contribution is -0.133. The fourth-order valence-electron chi connectivity index (χ4n) is 2.28. The summed E-state index contributed by atoms with van der Waals surface area (Å²) in [6.45, 7) is 3.05. The van der Waals surface area contributed by atoms with E-state index >= 15 is 0 Å². The van der Waals surface area contributed by atoms with Crippen molar-refractivity contribution in [1.29, 1.82) is 0 Å². The summed E-state index contributed by atoms with van der Waals surface area (Å²) in [5.41, 5.74) is 0.812. The van der Waals surface area contributed by atoms with Gasteiger partial charge in [-0.05, 0) is 6.07 Å². The summed E-state index contributed by atoms with van der Waals surface area (Å²) in [6.07, 6.45) is 0.207. The van der Waals surface area contributed by atoms with Gasteiger partial charge in [0.1, 0.15) is 5.75 Å². The molecule has 0 bridgehead atoms. The molecule has 21 heavy (non-hydrogen) atoms. The summed E-state index contributed by atoms with van der Waals surface area (Å²) in [5, 5.41) is 5.86. The van der Waals surface area contributed by atoms with Crippen LogP contribution in [0.25, 0.3) is 0 Å². The Bertz CT molecular complexity index is 499. The molecule has 1 aromatic rings. The molecule has 0 radical (unpaired) electrons. The van der Waals surface area contributed by atoms with Crippen LogP contribution < -0.4 is 15.4 Å². The molecule has 6 heteroatoms. The van der Waals surface area contributed by atoms with Crippen LogP contribution in [-0.4, -0.2) is 56.5 Å². The van der Waals surface area contributed by atoms with E-state index in [9.17, 15) is 9.59 Å². The maximum Gasteiger partial charge on any atom is 0.242 e. The average molecular weight is 291 g/mol. The number of carbonyl (C=O) groups excluding carboxylic acids is 2. The molecule has 0 saturated carbocycles. The zero-order valence-electron chi connectivity index (χ0n) is 12.2. The van der Waals surface area contributed by atoms with Crippen molar-refractivity contribution in [1.82, 2.24) is 15.5 Å². The minimum Gasteiger partial charge on any atom is -0.496 e. The number of para-hydroxylation sites is 1. The predicted molar refractivity (Wildman–Crippen MR) is 79.2 cm³/mol. The number of benzene rings is 1. The number of amides is 2. The first-order valence-electron chi connectivity index (χ1n) is 7.08. The van der Waals surface area contributed by atoms with Crippen molar-refractivity contribution in [2.45, 2.75) is 6.42 Å². The Morgan fingerprint density at radius 3 is 2.71 bits per heavy atom. The zero-order valence-corrected chi connectivity index (χ0v) is 12.2. The molecule has 1 aromatic carbocycles. The quantitative estimate of drug-likeness (QED) is 0.787. The normalized spacial score (nSPS) is 14.6. The molecular formula is C15H21N3O3. The lowest BCUT2D eigenvalue weighted by Gasteiger charge is -2.27. The van der Waals surface area contributed by atoms with Gasteiger partial charge >= 0.3 is 0 Å². The molecule has 0 aromatic heterocycles. The Morgan fingerprint density at radius 1 is 1.29 bits per heavy atom. The van der Waals surface area contributed by atoms with Gasteiger partial charge < -0.3 is 20.3 Å². The van der Waals surface area contributed by atoms with Gasteiger partial charge in [0.15, 0.2) is 0 Å². The van der Waals surface area contributed by atoms with Gasteiger partial charge in [0, 0.05) is 31.7 Å². The molecule has 2 N–H and O–H groups in total. The van der Waals surface area contributed by atoms with Crippen molar-refractivity contribution < 1.29 is 14.3 Å². The Hall–Kier alpha value is -2.08. The average Bonchev–Trinajstić information content (AvgIpc) is 2.54. The van der Waals surface area contributed by atoms with E-state index in [1.807, 2.05) is 24.3 Å². The van der Waals surface area contributed by atoms with Crippen LogP contribution in [0.15, 0.2) is 24.3 Å². The van der Waals surface area contributed by atoms with Crippen molar-refractivity contribution in [2.24, 2.45) is 0 Å². The Kier molecular flexibility index (Phi) is 5.57. The molecule has 2 amide bonds. The molecule has 1 fully saturated rings. The van der Waals surface area contributed by atoms with Crippen molar-refractivity contribution in [2.75, 3.05) is 39.8 Å². The molecule has 1 heterocycles. The van der Waals surface area contributed by atoms with E-state index in [4.69, 9.17) is 4.74 Å². The molecule has 2 rings (SSSR count). The molecule has 0 spiro atoms. The van der Waals surface area contributed by atoms with Gasteiger partial charge in [-0.3, -0.25) is 9.59 Å². The van der Waals surface area contributed by atoms with E-state index in [1.54, 1.807) is 12.0 Å². The summed E-state index contributed by atoms with van der Waals surface area (Å²) in [5.74, 6) is 0.467. The van der Waals surface area contributed by atoms with E-state index < -0.39 is 0 Å². The highest BCUT2D eigenvalue weighted by molar-refractivity contribution is 5.86. The van der Waals surface area contributed by atoms with Gasteiger partial charge in [0.25, 0.3) is 0 Å². The maximum atomic E-state index is 11.9. The molecule has 0 unspecified atom stereocenters. The van der Waals surface area contributed by atoms with Crippen LogP contribution in [0.5, 0.6) is 5.75 Å². The molecule has 1 aliphatic rings. The third-order valence-corrected chi connectivity index (χ3v) is 3.45. The highest BCUT2D eigenvalue weighted by Crippen LogP contribution is 2.17. The number of carbonyl (C=O) groups is 2. The molecule has 0 aliphatic carbocycles. The molecule has 114 valence electrons. The predicted octanol–water partition coefficient (Wildman–Crippen LogP) is -0.214. The van der Waals surface area contributed by atoms with Crippen molar-refractivity contribution in [3.8, 4) is 5.75 Å². The van der Waals surface area contributed by atoms with Gasteiger partial charge in [-0.1, -0.05) is 18.2 Å². The third-order valence-electron chi connectivity index (χ3n) is 3.45. The zero-order chi connectivity index (χ0) is 15.1. The SMILES string of the molecule is COc1ccccc1CC(=O)NCC(=O)N1CCNCC1. The van der Waals surface area contributed by atoms with E-state index in [0.717, 1.165) is 18.7 Å². The summed E-state index contributed by atoms with van der Waals surface area (Å²) in [4.78, 5) is 25.6. The third kappa shape index (κ3) is 4.46. The van der Waals surface area contributed by atoms with Crippen LogP contribution in [0.2, 0.25) is 0 Å². The summed E-state index contributed by atoms with van der Waals surface area (Å²) < 4.78 is 5.20. The lowest BCUT2D eigenvalue weighted by atomic mass is 10.1. The topological polar surface area (TPSA) is 70.7 Å². The Labute approximate surface area is 124 Å². The van der Waals surface area contributed by atoms with E-state index in [1.165, 1.54) is 0 Å². The van der Waals surface area contributed by atoms with Gasteiger partial charge in [-0.2, -0.15) is 0 Å². The molecule has 1 saturated heterocycles. The second-order valence-electron chi connectivity index (χ2n) is 4.90. The number of hydrogen-bond acceptors (Lipinski definition) is 4. The van der Waals surface area contributed by atoms with Crippen LogP contribution in [0.1, 0.15) is 5.56 Å². The number of ether oxygens (including phenoxy) is 1. The number of rotatable bonds is 5. The highest BCUT2D eigenvalue weighted by atomic mass is 16.5. The minimum atomic E-state index is -0.178. The maximum absolute atomic E-state index is 11.9. The fourth-order valence-corrected chi connectivity index (χ4v) is 2.28. The number of nitrogens with zero attached hydrogens (tertiary/aromatic N) is 1. The largest absolute Gasteiger partial charge is 0.496 e. The van der Waals surface area contributed by atoms with E-state index in [2.05, 4.69) is 10.6 Å². The van der Waals surface area contributed by atoms with Gasteiger partial charge in [-0.25, -0.2) is 0 Å². The van der Waals surface area contributed by atoms with Gasteiger partial charge in [0.05, 0.1) is 20.1 Å². The first-order valence-corrected chi connectivity index (χ1v) is 7.08. The van der Waals surface area contributed by atoms with Crippen LogP contribution in [0.4, 0.5) is 0 Å². The van der Waals surface area contributed by atoms with Gasteiger partial charge in [-0.15, -0.1) is 0 Å². The number of hydrogen-bond donors (Lipinski definition) is 2. The second kappa shape index (κ2) is 7.64. The first-order chi connectivity index (χ1) is 10.2. The van der Waals surface area contributed by atoms with Crippen molar-refractivity contribution in [3.63, 3.8) is 0 Å². The minimum absolute atomic E-state index is 0.0372. The monoisotopic (exact) mass is 291 g/mol. The first kappa shape index (κ1) is 15.3. The van der Waals surface area contributed by atoms with E-state index in [-0.39, 0.29) is 24.8 Å². The van der Waals surface area contributed by atoms with Crippen LogP contribution >= 0.6 is 0 Å². The van der Waals surface area contributed by atoms with Gasteiger partial charge in [0.2, 0.25) is 11.8 Å². The standard InChI is InChI=1S/C15H21N3O3/c1-21-13-5-3-2-4-12(13)10-14(19)17-11-15(20)18-8-6-16-7-9-18/h2-5,16H,6-11H2,1H3,(H,17,19). The molecule has 6 nitrogen and oxygen atoms in total. The summed E-state index contributed by atoms with van der Waals surface area (Å²) in [7, 11) is 1.57. The Balaban J connectivity index is 1.80. The van der Waals surface area contributed by atoms with Crippen molar-refractivity contribution >= 4 is 11.8 Å². The highest BCUT2D eigenvalue weighted by Gasteiger charge is 2.17. The van der Waals surface area contributed by atoms with E-state index in [0.29, 0.717) is 18.8 Å². The molecular weight excluding hydrogens is 270 g/mol. The molecule has 0 atom stereocenters. The number of nitrogens with one attached hydrogen (secondary N) is 2. The number of piperazine rings is 1. The Morgan fingerprint density at radius 2 is 2.00 bits per heavy atom. The van der Waals surface area contributed by atoms with Crippen LogP contribution in [0.3, 0.4) is 0 Å². The second-order valence-corrected chi connectivity index (χ2v) is 4.90. The summed E-state index contributed by atoms with van der Waals surface area (Å²) >= 11 is 0. The van der Waals surface area contributed by atoms with Crippen LogP contribution in [-0.2, 0) is 16.0 Å². The molecule has 1 aliphatic heterocycles. The van der Waals surface area contributed by atoms with Crippen molar-refractivity contribution in [3.05, 3.63) is 29.8 Å². The number of methoxy groups -OCH3 is 1. The van der Waals surface area contributed by atoms with Crippen LogP contribution in [0, 0.1) is 0 Å². The fraction of sp³-hybridized carbons (Fsp3) is 0.467.